The Labute approximate surface area is 175 Å². The molecular weight excluding hydrogens is 380 g/mol. The van der Waals surface area contributed by atoms with Crippen LogP contribution in [-0.2, 0) is 6.42 Å². The van der Waals surface area contributed by atoms with E-state index < -0.39 is 0 Å². The Kier molecular flexibility index (Phi) is 5.61. The van der Waals surface area contributed by atoms with Gasteiger partial charge in [0.15, 0.2) is 17.3 Å². The highest BCUT2D eigenvalue weighted by atomic mass is 16.5. The molecule has 3 heterocycles. The van der Waals surface area contributed by atoms with Crippen LogP contribution in [0.15, 0.2) is 48.8 Å². The third kappa shape index (κ3) is 3.58. The molecule has 0 N–H and O–H groups in total. The van der Waals surface area contributed by atoms with Gasteiger partial charge in [0.25, 0.3) is 5.91 Å². The molecule has 0 saturated carbocycles. The number of aromatic nitrogens is 3. The van der Waals surface area contributed by atoms with Gasteiger partial charge >= 0.3 is 0 Å². The van der Waals surface area contributed by atoms with E-state index in [9.17, 15) is 4.79 Å². The summed E-state index contributed by atoms with van der Waals surface area (Å²) in [4.78, 5) is 28.8. The topological polar surface area (TPSA) is 77.4 Å². The molecule has 0 radical (unpaired) electrons. The van der Waals surface area contributed by atoms with Crippen LogP contribution in [0.3, 0.4) is 0 Å². The number of benzene rings is 1. The van der Waals surface area contributed by atoms with E-state index in [4.69, 9.17) is 14.5 Å². The van der Waals surface area contributed by atoms with E-state index >= 15 is 0 Å². The Morgan fingerprint density at radius 3 is 2.67 bits per heavy atom. The number of fused-ring (bicyclic) bond motifs is 1. The normalized spacial score (nSPS) is 15.4. The molecule has 0 fully saturated rings. The Morgan fingerprint density at radius 1 is 1.13 bits per heavy atom. The summed E-state index contributed by atoms with van der Waals surface area (Å²) in [5.41, 5.74) is 3.30. The molecule has 154 valence electrons. The second kappa shape index (κ2) is 8.49. The SMILES string of the molecule is CCC1c2cnc(-c3ccccn3)nc2CCN1C(=O)c1ccc(OC)c(OC)c1. The molecule has 4 rings (SSSR count). The summed E-state index contributed by atoms with van der Waals surface area (Å²) >= 11 is 0. The van der Waals surface area contributed by atoms with Crippen molar-refractivity contribution in [1.29, 1.82) is 0 Å². The molecule has 7 heteroatoms. The van der Waals surface area contributed by atoms with E-state index in [1.807, 2.05) is 29.3 Å². The third-order valence-electron chi connectivity index (χ3n) is 5.40. The zero-order chi connectivity index (χ0) is 21.1. The highest BCUT2D eigenvalue weighted by Gasteiger charge is 2.32. The molecule has 1 unspecified atom stereocenters. The molecule has 7 nitrogen and oxygen atoms in total. The fraction of sp³-hybridized carbons (Fsp3) is 0.304. The van der Waals surface area contributed by atoms with Crippen molar-refractivity contribution in [3.8, 4) is 23.0 Å². The van der Waals surface area contributed by atoms with Gasteiger partial charge < -0.3 is 14.4 Å². The summed E-state index contributed by atoms with van der Waals surface area (Å²) in [5.74, 6) is 1.71. The lowest BCUT2D eigenvalue weighted by atomic mass is 9.95. The van der Waals surface area contributed by atoms with E-state index in [0.717, 1.165) is 23.4 Å². The quantitative estimate of drug-likeness (QED) is 0.645. The number of nitrogens with zero attached hydrogens (tertiary/aromatic N) is 4. The zero-order valence-corrected chi connectivity index (χ0v) is 17.3. The number of rotatable bonds is 5. The van der Waals surface area contributed by atoms with Crippen molar-refractivity contribution in [2.45, 2.75) is 25.8 Å². The maximum atomic E-state index is 13.3. The molecule has 1 atom stereocenters. The van der Waals surface area contributed by atoms with Crippen LogP contribution in [-0.4, -0.2) is 46.5 Å². The second-order valence-electron chi connectivity index (χ2n) is 7.05. The summed E-state index contributed by atoms with van der Waals surface area (Å²) in [6, 6.07) is 10.9. The van der Waals surface area contributed by atoms with Crippen LogP contribution in [0.2, 0.25) is 0 Å². The van der Waals surface area contributed by atoms with Gasteiger partial charge in [-0.05, 0) is 36.8 Å². The molecule has 2 aromatic heterocycles. The number of carbonyl (C=O) groups is 1. The maximum Gasteiger partial charge on any atom is 0.254 e. The Bertz CT molecular complexity index is 1060. The van der Waals surface area contributed by atoms with E-state index in [-0.39, 0.29) is 11.9 Å². The average Bonchev–Trinajstić information content (AvgIpc) is 2.82. The van der Waals surface area contributed by atoms with Crippen LogP contribution in [0, 0.1) is 0 Å². The van der Waals surface area contributed by atoms with Gasteiger partial charge in [0.2, 0.25) is 0 Å². The molecular formula is C23H24N4O3. The van der Waals surface area contributed by atoms with Crippen molar-refractivity contribution < 1.29 is 14.3 Å². The molecule has 0 saturated heterocycles. The standard InChI is InChI=1S/C23H24N4O3/c1-4-19-16-14-25-22(18-7-5-6-11-24-18)26-17(16)10-12-27(19)23(28)15-8-9-20(29-2)21(13-15)30-3/h5-9,11,13-14,19H,4,10,12H2,1-3H3. The highest BCUT2D eigenvalue weighted by Crippen LogP contribution is 2.34. The number of hydrogen-bond acceptors (Lipinski definition) is 6. The fourth-order valence-electron chi connectivity index (χ4n) is 3.89. The number of methoxy groups -OCH3 is 2. The molecule has 0 bridgehead atoms. The van der Waals surface area contributed by atoms with E-state index in [1.165, 1.54) is 0 Å². The summed E-state index contributed by atoms with van der Waals surface area (Å²) in [6.07, 6.45) is 5.02. The number of ether oxygens (including phenoxy) is 2. The number of pyridine rings is 1. The first-order valence-electron chi connectivity index (χ1n) is 9.96. The summed E-state index contributed by atoms with van der Waals surface area (Å²) < 4.78 is 10.6. The molecule has 0 spiro atoms. The fourth-order valence-corrected chi connectivity index (χ4v) is 3.89. The molecule has 1 aliphatic heterocycles. The largest absolute Gasteiger partial charge is 0.493 e. The van der Waals surface area contributed by atoms with Crippen molar-refractivity contribution in [2.24, 2.45) is 0 Å². The van der Waals surface area contributed by atoms with Gasteiger partial charge in [0.1, 0.15) is 5.69 Å². The van der Waals surface area contributed by atoms with Gasteiger partial charge in [0, 0.05) is 36.5 Å². The molecule has 1 aromatic carbocycles. The first-order chi connectivity index (χ1) is 14.7. The molecule has 3 aromatic rings. The minimum Gasteiger partial charge on any atom is -0.493 e. The van der Waals surface area contributed by atoms with E-state index in [1.54, 1.807) is 38.6 Å². The van der Waals surface area contributed by atoms with E-state index in [2.05, 4.69) is 16.9 Å². The predicted molar refractivity (Wildman–Crippen MR) is 113 cm³/mol. The van der Waals surface area contributed by atoms with Crippen LogP contribution in [0.5, 0.6) is 11.5 Å². The monoisotopic (exact) mass is 404 g/mol. The van der Waals surface area contributed by atoms with Crippen molar-refractivity contribution >= 4 is 5.91 Å². The van der Waals surface area contributed by atoms with E-state index in [0.29, 0.717) is 35.9 Å². The molecule has 1 amide bonds. The minimum atomic E-state index is -0.0767. The van der Waals surface area contributed by atoms with Gasteiger partial charge in [-0.2, -0.15) is 0 Å². The highest BCUT2D eigenvalue weighted by molar-refractivity contribution is 5.95. The van der Waals surface area contributed by atoms with Crippen LogP contribution in [0.1, 0.15) is 41.0 Å². The lowest BCUT2D eigenvalue weighted by molar-refractivity contribution is 0.0653. The molecule has 30 heavy (non-hydrogen) atoms. The smallest absolute Gasteiger partial charge is 0.254 e. The van der Waals surface area contributed by atoms with Crippen molar-refractivity contribution in [2.75, 3.05) is 20.8 Å². The van der Waals surface area contributed by atoms with Crippen molar-refractivity contribution in [1.82, 2.24) is 19.9 Å². The van der Waals surface area contributed by atoms with Crippen LogP contribution < -0.4 is 9.47 Å². The lowest BCUT2D eigenvalue weighted by Crippen LogP contribution is -2.40. The summed E-state index contributed by atoms with van der Waals surface area (Å²) in [7, 11) is 3.14. The second-order valence-corrected chi connectivity index (χ2v) is 7.05. The van der Waals surface area contributed by atoms with Crippen LogP contribution >= 0.6 is 0 Å². The Balaban J connectivity index is 1.64. The van der Waals surface area contributed by atoms with Crippen molar-refractivity contribution in [3.05, 3.63) is 65.6 Å². The number of carbonyl (C=O) groups excluding carboxylic acids is 1. The zero-order valence-electron chi connectivity index (χ0n) is 17.3. The minimum absolute atomic E-state index is 0.0396. The number of amides is 1. The van der Waals surface area contributed by atoms with Gasteiger partial charge in [-0.1, -0.05) is 13.0 Å². The van der Waals surface area contributed by atoms with Crippen molar-refractivity contribution in [3.63, 3.8) is 0 Å². The van der Waals surface area contributed by atoms with Gasteiger partial charge in [0.05, 0.1) is 26.0 Å². The van der Waals surface area contributed by atoms with Gasteiger partial charge in [-0.3, -0.25) is 9.78 Å². The predicted octanol–water partition coefficient (Wildman–Crippen LogP) is 3.71. The Hall–Kier alpha value is -3.48. The number of hydrogen-bond donors (Lipinski definition) is 0. The lowest BCUT2D eigenvalue weighted by Gasteiger charge is -2.36. The van der Waals surface area contributed by atoms with Gasteiger partial charge in [-0.25, -0.2) is 9.97 Å². The van der Waals surface area contributed by atoms with Crippen LogP contribution in [0.25, 0.3) is 11.5 Å². The Morgan fingerprint density at radius 2 is 1.97 bits per heavy atom. The molecule has 1 aliphatic rings. The first-order valence-corrected chi connectivity index (χ1v) is 9.96. The molecule has 0 aliphatic carbocycles. The first kappa shape index (κ1) is 19.8. The summed E-state index contributed by atoms with van der Waals surface area (Å²) in [6.45, 7) is 2.67. The maximum absolute atomic E-state index is 13.3. The van der Waals surface area contributed by atoms with Gasteiger partial charge in [-0.15, -0.1) is 0 Å². The average molecular weight is 404 g/mol. The third-order valence-corrected chi connectivity index (χ3v) is 5.40. The summed E-state index contributed by atoms with van der Waals surface area (Å²) in [5, 5.41) is 0. The van der Waals surface area contributed by atoms with Crippen LogP contribution in [0.4, 0.5) is 0 Å².